The fourth-order valence-electron chi connectivity index (χ4n) is 1.66. The molecule has 21 heavy (non-hydrogen) atoms. The second-order valence-corrected chi connectivity index (χ2v) is 4.79. The summed E-state index contributed by atoms with van der Waals surface area (Å²) in [5, 5.41) is 9.42. The van der Waals surface area contributed by atoms with Crippen molar-refractivity contribution in [3.63, 3.8) is 0 Å². The first-order valence-electron chi connectivity index (χ1n) is 7.97. The van der Waals surface area contributed by atoms with Gasteiger partial charge >= 0.3 is 35.5 Å². The van der Waals surface area contributed by atoms with Crippen LogP contribution in [0.5, 0.6) is 0 Å². The summed E-state index contributed by atoms with van der Waals surface area (Å²) in [6.07, 6.45) is 7.53. The average molecular weight is 314 g/mol. The van der Waals surface area contributed by atoms with Gasteiger partial charge in [0.05, 0.1) is 6.10 Å². The summed E-state index contributed by atoms with van der Waals surface area (Å²) < 4.78 is 9.54. The maximum atomic E-state index is 10.5. The Morgan fingerprint density at radius 2 is 1.52 bits per heavy atom. The van der Waals surface area contributed by atoms with E-state index in [2.05, 4.69) is 6.92 Å². The van der Waals surface area contributed by atoms with Crippen LogP contribution in [0.25, 0.3) is 0 Å². The van der Waals surface area contributed by atoms with Crippen molar-refractivity contribution in [1.29, 1.82) is 0 Å². The van der Waals surface area contributed by atoms with E-state index in [1.54, 1.807) is 0 Å². The fraction of sp³-hybridized carbons (Fsp3) is 0.938. The number of carbonyl (C=O) groups is 1. The van der Waals surface area contributed by atoms with Gasteiger partial charge in [0.25, 0.3) is 0 Å². The Bertz CT molecular complexity index is 199. The van der Waals surface area contributed by atoms with E-state index in [0.29, 0.717) is 0 Å². The van der Waals surface area contributed by atoms with Crippen molar-refractivity contribution >= 4 is 35.5 Å². The molecule has 0 aromatic heterocycles. The molecule has 1 N–H and O–H groups in total. The van der Waals surface area contributed by atoms with Crippen molar-refractivity contribution in [3.8, 4) is 0 Å². The van der Waals surface area contributed by atoms with Crippen LogP contribution in [0.15, 0.2) is 0 Å². The molecule has 0 fully saturated rings. The van der Waals surface area contributed by atoms with Crippen LogP contribution < -0.4 is 0 Å². The van der Waals surface area contributed by atoms with Gasteiger partial charge in [-0.05, 0) is 20.3 Å². The van der Waals surface area contributed by atoms with E-state index in [-0.39, 0.29) is 42.1 Å². The van der Waals surface area contributed by atoms with E-state index in [1.165, 1.54) is 32.6 Å². The molecule has 124 valence electrons. The molecule has 0 heterocycles. The van der Waals surface area contributed by atoms with Crippen molar-refractivity contribution in [3.05, 3.63) is 0 Å². The predicted molar refractivity (Wildman–Crippen MR) is 89.9 cm³/mol. The Morgan fingerprint density at radius 3 is 1.95 bits per heavy atom. The molecule has 0 spiro atoms. The molecule has 0 saturated heterocycles. The predicted octanol–water partition coefficient (Wildman–Crippen LogP) is 3.06. The molecule has 0 rings (SSSR count). The van der Waals surface area contributed by atoms with Gasteiger partial charge in [-0.25, -0.2) is 0 Å². The summed E-state index contributed by atoms with van der Waals surface area (Å²) in [5.74, 6) is -0.322. The Morgan fingerprint density at radius 1 is 1.00 bits per heavy atom. The van der Waals surface area contributed by atoms with E-state index in [4.69, 9.17) is 9.47 Å². The van der Waals surface area contributed by atoms with Crippen molar-refractivity contribution in [2.24, 2.45) is 0 Å². The van der Waals surface area contributed by atoms with E-state index in [0.717, 1.165) is 32.5 Å². The molecule has 1 atom stereocenters. The van der Waals surface area contributed by atoms with Gasteiger partial charge in [-0.15, -0.1) is 0 Å². The SMILES string of the molecule is CCCCCCCCC(O)COC(C)=O.CCOCC.[NaH]. The summed E-state index contributed by atoms with van der Waals surface area (Å²) in [7, 11) is 0. The molecule has 0 aliphatic heterocycles. The summed E-state index contributed by atoms with van der Waals surface area (Å²) in [6, 6.07) is 0. The van der Waals surface area contributed by atoms with Gasteiger partial charge in [-0.3, -0.25) is 4.79 Å². The third-order valence-electron chi connectivity index (χ3n) is 2.78. The van der Waals surface area contributed by atoms with Gasteiger partial charge in [0.15, 0.2) is 0 Å². The summed E-state index contributed by atoms with van der Waals surface area (Å²) in [5.41, 5.74) is 0. The van der Waals surface area contributed by atoms with Gasteiger partial charge in [0.2, 0.25) is 0 Å². The van der Waals surface area contributed by atoms with Crippen LogP contribution in [0, 0.1) is 0 Å². The zero-order valence-electron chi connectivity index (χ0n) is 13.8. The van der Waals surface area contributed by atoms with Crippen molar-refractivity contribution in [1.82, 2.24) is 0 Å². The molecule has 0 radical (unpaired) electrons. The number of aliphatic hydroxyl groups excluding tert-OH is 1. The van der Waals surface area contributed by atoms with Gasteiger partial charge in [0, 0.05) is 20.1 Å². The molecule has 0 amide bonds. The topological polar surface area (TPSA) is 55.8 Å². The number of carbonyl (C=O) groups excluding carboxylic acids is 1. The maximum absolute atomic E-state index is 10.5. The quantitative estimate of drug-likeness (QED) is 0.362. The average Bonchev–Trinajstić information content (AvgIpc) is 2.42. The summed E-state index contributed by atoms with van der Waals surface area (Å²) in [4.78, 5) is 10.5. The number of rotatable bonds is 11. The number of hydrogen-bond donors (Lipinski definition) is 1. The van der Waals surface area contributed by atoms with Crippen molar-refractivity contribution in [2.45, 2.75) is 78.7 Å². The van der Waals surface area contributed by atoms with Crippen LogP contribution in [0.2, 0.25) is 0 Å². The Hall–Kier alpha value is 0.390. The molecular formula is C16H35NaO4. The van der Waals surface area contributed by atoms with Crippen LogP contribution in [0.3, 0.4) is 0 Å². The molecule has 0 aromatic rings. The van der Waals surface area contributed by atoms with Crippen LogP contribution in [-0.4, -0.2) is 66.6 Å². The van der Waals surface area contributed by atoms with Gasteiger partial charge in [0.1, 0.15) is 6.61 Å². The van der Waals surface area contributed by atoms with Crippen LogP contribution in [0.4, 0.5) is 0 Å². The van der Waals surface area contributed by atoms with E-state index in [9.17, 15) is 9.90 Å². The van der Waals surface area contributed by atoms with Crippen LogP contribution in [0.1, 0.15) is 72.6 Å². The van der Waals surface area contributed by atoms with Crippen LogP contribution >= 0.6 is 0 Å². The molecule has 4 nitrogen and oxygen atoms in total. The number of aliphatic hydroxyl groups is 1. The molecule has 0 saturated carbocycles. The molecule has 0 aliphatic carbocycles. The van der Waals surface area contributed by atoms with Gasteiger partial charge in [-0.1, -0.05) is 45.4 Å². The van der Waals surface area contributed by atoms with Crippen LogP contribution in [-0.2, 0) is 14.3 Å². The minimum atomic E-state index is -0.486. The second-order valence-electron chi connectivity index (χ2n) is 4.79. The molecule has 5 heteroatoms. The van der Waals surface area contributed by atoms with Gasteiger partial charge in [-0.2, -0.15) is 0 Å². The molecule has 0 bridgehead atoms. The van der Waals surface area contributed by atoms with E-state index in [1.807, 2.05) is 13.8 Å². The second kappa shape index (κ2) is 22.7. The van der Waals surface area contributed by atoms with Crippen molar-refractivity contribution in [2.75, 3.05) is 19.8 Å². The first-order chi connectivity index (χ1) is 9.58. The molecule has 1 unspecified atom stereocenters. The normalized spacial score (nSPS) is 10.9. The number of unbranched alkanes of at least 4 members (excludes halogenated alkanes) is 5. The Labute approximate surface area is 153 Å². The minimum absolute atomic E-state index is 0. The van der Waals surface area contributed by atoms with E-state index < -0.39 is 6.10 Å². The Kier molecular flexibility index (Phi) is 28.4. The first kappa shape index (κ1) is 26.3. The van der Waals surface area contributed by atoms with Gasteiger partial charge < -0.3 is 14.6 Å². The fourth-order valence-corrected chi connectivity index (χ4v) is 1.66. The zero-order valence-corrected chi connectivity index (χ0v) is 13.8. The number of hydrogen-bond acceptors (Lipinski definition) is 4. The number of esters is 1. The number of ether oxygens (including phenoxy) is 2. The van der Waals surface area contributed by atoms with Crippen molar-refractivity contribution < 1.29 is 19.4 Å². The van der Waals surface area contributed by atoms with E-state index >= 15 is 0 Å². The third kappa shape index (κ3) is 29.1. The zero-order chi connectivity index (χ0) is 15.6. The third-order valence-corrected chi connectivity index (χ3v) is 2.78. The standard InChI is InChI=1S/C12H24O3.C4H10O.Na.H/c1-3-4-5-6-7-8-9-12(14)10-15-11(2)13;1-3-5-4-2;;/h12,14H,3-10H2,1-2H3;3-4H2,1-2H3;;. The summed E-state index contributed by atoms with van der Waals surface area (Å²) in [6.45, 7) is 9.37. The molecule has 0 aliphatic rings. The Balaban J connectivity index is -0.000000465. The molecule has 0 aromatic carbocycles. The molecular weight excluding hydrogens is 279 g/mol. The monoisotopic (exact) mass is 314 g/mol. The first-order valence-corrected chi connectivity index (χ1v) is 7.97. The summed E-state index contributed by atoms with van der Waals surface area (Å²) >= 11 is 0.